The number of anilines is 2. The lowest BCUT2D eigenvalue weighted by molar-refractivity contribution is -0.274. The first-order chi connectivity index (χ1) is 14.9. The van der Waals surface area contributed by atoms with Crippen molar-refractivity contribution >= 4 is 32.2 Å². The quantitative estimate of drug-likeness (QED) is 0.462. The fraction of sp³-hybridized carbons (Fsp3) is 0.250. The summed E-state index contributed by atoms with van der Waals surface area (Å²) in [5.41, 5.74) is 1.59. The molecule has 0 fully saturated rings. The van der Waals surface area contributed by atoms with Gasteiger partial charge in [0, 0.05) is 10.6 Å². The number of nitrogens with one attached hydrogen (secondary N) is 1. The molecule has 7 nitrogen and oxygen atoms in total. The Morgan fingerprint density at radius 1 is 1.16 bits per heavy atom. The average Bonchev–Trinajstić information content (AvgIpc) is 3.07. The maximum atomic E-state index is 12.5. The first kappa shape index (κ1) is 24.0. The van der Waals surface area contributed by atoms with Gasteiger partial charge in [0.25, 0.3) is 0 Å². The van der Waals surface area contributed by atoms with Crippen LogP contribution in [0, 0.1) is 6.92 Å². The van der Waals surface area contributed by atoms with Gasteiger partial charge in [0.2, 0.25) is 10.0 Å². The summed E-state index contributed by atoms with van der Waals surface area (Å²) < 4.78 is 66.4. The number of hydrogen-bond acceptors (Lipinski definition) is 7. The zero-order valence-corrected chi connectivity index (χ0v) is 18.6. The molecule has 3 aromatic rings. The summed E-state index contributed by atoms with van der Waals surface area (Å²) in [7, 11) is -3.67. The van der Waals surface area contributed by atoms with E-state index in [-0.39, 0.29) is 11.4 Å². The second-order valence-corrected chi connectivity index (χ2v) is 9.81. The van der Waals surface area contributed by atoms with Gasteiger partial charge in [-0.25, -0.2) is 13.4 Å². The number of aliphatic hydroxyl groups excluding tert-OH is 1. The number of rotatable bonds is 8. The van der Waals surface area contributed by atoms with Gasteiger partial charge < -0.3 is 14.7 Å². The molecule has 0 radical (unpaired) electrons. The third-order valence-corrected chi connectivity index (χ3v) is 5.86. The number of thiazole rings is 1. The summed E-state index contributed by atoms with van der Waals surface area (Å²) in [6.07, 6.45) is -5.41. The third kappa shape index (κ3) is 6.66. The van der Waals surface area contributed by atoms with Crippen molar-refractivity contribution in [2.24, 2.45) is 0 Å². The van der Waals surface area contributed by atoms with Crippen molar-refractivity contribution in [3.05, 3.63) is 70.7 Å². The van der Waals surface area contributed by atoms with E-state index in [2.05, 4.69) is 14.4 Å². The molecule has 12 heteroatoms. The molecule has 0 aliphatic heterocycles. The molecule has 1 atom stereocenters. The number of hydrogen-bond donors (Lipinski definition) is 2. The van der Waals surface area contributed by atoms with Gasteiger partial charge in [-0.3, -0.25) is 0 Å². The van der Waals surface area contributed by atoms with E-state index >= 15 is 0 Å². The smallest absolute Gasteiger partial charge is 0.406 e. The molecule has 0 bridgehead atoms. The van der Waals surface area contributed by atoms with Gasteiger partial charge in [-0.2, -0.15) is 4.72 Å². The third-order valence-electron chi connectivity index (χ3n) is 4.20. The monoisotopic (exact) mass is 487 g/mol. The number of aliphatic hydroxyl groups is 1. The highest BCUT2D eigenvalue weighted by Gasteiger charge is 2.31. The van der Waals surface area contributed by atoms with E-state index in [1.165, 1.54) is 35.6 Å². The second-order valence-electron chi connectivity index (χ2n) is 6.84. The zero-order chi connectivity index (χ0) is 23.5. The number of benzene rings is 2. The van der Waals surface area contributed by atoms with Gasteiger partial charge in [-0.15, -0.1) is 24.5 Å². The highest BCUT2D eigenvalue weighted by Crippen LogP contribution is 2.35. The van der Waals surface area contributed by atoms with E-state index in [9.17, 15) is 26.7 Å². The van der Waals surface area contributed by atoms with Crippen molar-refractivity contribution in [1.29, 1.82) is 0 Å². The summed E-state index contributed by atoms with van der Waals surface area (Å²) in [6.45, 7) is 2.02. The highest BCUT2D eigenvalue weighted by atomic mass is 32.2. The predicted molar refractivity (Wildman–Crippen MR) is 115 cm³/mol. The Morgan fingerprint density at radius 2 is 1.78 bits per heavy atom. The molecule has 0 aliphatic rings. The van der Waals surface area contributed by atoms with Crippen molar-refractivity contribution in [3.63, 3.8) is 0 Å². The van der Waals surface area contributed by atoms with Crippen LogP contribution < -0.4 is 14.4 Å². The number of halogens is 3. The van der Waals surface area contributed by atoms with Crippen molar-refractivity contribution in [2.75, 3.05) is 11.2 Å². The Bertz CT molecular complexity index is 1150. The van der Waals surface area contributed by atoms with E-state index in [1.54, 1.807) is 11.8 Å². The highest BCUT2D eigenvalue weighted by molar-refractivity contribution is 7.88. The van der Waals surface area contributed by atoms with Gasteiger partial charge in [0.15, 0.2) is 11.4 Å². The standard InChI is InChI=1S/C20H20F3N3O4S2/c1-13-17(18(27)25-32(2,28)29)24-19(31-13)26(12-14-6-4-3-5-7-14)15-8-10-16(11-9-15)30-20(21,22)23/h3-11,18,25,27H,12H2,1-2H3. The Morgan fingerprint density at radius 3 is 2.34 bits per heavy atom. The van der Waals surface area contributed by atoms with Gasteiger partial charge >= 0.3 is 6.36 Å². The first-order valence-electron chi connectivity index (χ1n) is 9.21. The molecule has 1 unspecified atom stereocenters. The van der Waals surface area contributed by atoms with E-state index in [4.69, 9.17) is 0 Å². The molecule has 172 valence electrons. The Hall–Kier alpha value is -2.67. The number of alkyl halides is 3. The van der Waals surface area contributed by atoms with Crippen LogP contribution in [0.2, 0.25) is 0 Å². The molecule has 0 aliphatic carbocycles. The number of aryl methyl sites for hydroxylation is 1. The summed E-state index contributed by atoms with van der Waals surface area (Å²) in [5, 5.41) is 10.7. The predicted octanol–water partition coefficient (Wildman–Crippen LogP) is 4.23. The summed E-state index contributed by atoms with van der Waals surface area (Å²) in [4.78, 5) is 6.74. The van der Waals surface area contributed by atoms with Crippen LogP contribution in [0.25, 0.3) is 0 Å². The molecular weight excluding hydrogens is 467 g/mol. The Kier molecular flexibility index (Phi) is 7.08. The first-order valence-corrected chi connectivity index (χ1v) is 11.9. The van der Waals surface area contributed by atoms with Crippen molar-refractivity contribution in [3.8, 4) is 5.75 Å². The molecule has 2 aromatic carbocycles. The molecular formula is C20H20F3N3O4S2. The average molecular weight is 488 g/mol. The normalized spacial score (nSPS) is 13.1. The van der Waals surface area contributed by atoms with Crippen molar-refractivity contribution in [1.82, 2.24) is 9.71 Å². The summed E-state index contributed by atoms with van der Waals surface area (Å²) >= 11 is 1.21. The van der Waals surface area contributed by atoms with E-state index in [0.717, 1.165) is 11.8 Å². The van der Waals surface area contributed by atoms with Crippen LogP contribution in [-0.4, -0.2) is 31.1 Å². The molecule has 1 heterocycles. The van der Waals surface area contributed by atoms with Crippen LogP contribution in [-0.2, 0) is 16.6 Å². The number of ether oxygens (including phenoxy) is 1. The van der Waals surface area contributed by atoms with Gasteiger partial charge in [0.1, 0.15) is 11.4 Å². The molecule has 0 spiro atoms. The van der Waals surface area contributed by atoms with E-state index in [0.29, 0.717) is 22.2 Å². The SMILES string of the molecule is Cc1sc(N(Cc2ccccc2)c2ccc(OC(F)(F)F)cc2)nc1C(O)NS(C)(=O)=O. The lowest BCUT2D eigenvalue weighted by atomic mass is 10.2. The lowest BCUT2D eigenvalue weighted by Crippen LogP contribution is -2.27. The minimum atomic E-state index is -4.80. The molecule has 0 saturated heterocycles. The van der Waals surface area contributed by atoms with Crippen LogP contribution in [0.15, 0.2) is 54.6 Å². The zero-order valence-electron chi connectivity index (χ0n) is 17.0. The van der Waals surface area contributed by atoms with Gasteiger partial charge in [-0.05, 0) is 36.8 Å². The molecule has 2 N–H and O–H groups in total. The number of nitrogens with zero attached hydrogens (tertiary/aromatic N) is 2. The second kappa shape index (κ2) is 9.45. The van der Waals surface area contributed by atoms with E-state index in [1.807, 2.05) is 30.3 Å². The minimum Gasteiger partial charge on any atom is -0.406 e. The Balaban J connectivity index is 1.96. The van der Waals surface area contributed by atoms with Crippen LogP contribution >= 0.6 is 11.3 Å². The number of sulfonamides is 1. The minimum absolute atomic E-state index is 0.144. The van der Waals surface area contributed by atoms with Crippen LogP contribution in [0.1, 0.15) is 22.4 Å². The molecule has 32 heavy (non-hydrogen) atoms. The summed E-state index contributed by atoms with van der Waals surface area (Å²) in [5.74, 6) is -0.357. The van der Waals surface area contributed by atoms with Crippen molar-refractivity contribution < 1.29 is 31.4 Å². The largest absolute Gasteiger partial charge is 0.573 e. The van der Waals surface area contributed by atoms with Crippen LogP contribution in [0.4, 0.5) is 24.0 Å². The molecule has 3 rings (SSSR count). The van der Waals surface area contributed by atoms with E-state index < -0.39 is 22.6 Å². The topological polar surface area (TPSA) is 91.8 Å². The fourth-order valence-electron chi connectivity index (χ4n) is 2.88. The Labute approximate surface area is 187 Å². The molecule has 0 saturated carbocycles. The van der Waals surface area contributed by atoms with Gasteiger partial charge in [0.05, 0.1) is 12.8 Å². The maximum Gasteiger partial charge on any atom is 0.573 e. The van der Waals surface area contributed by atoms with Crippen LogP contribution in [0.5, 0.6) is 5.75 Å². The fourth-order valence-corrected chi connectivity index (χ4v) is 4.36. The van der Waals surface area contributed by atoms with Crippen molar-refractivity contribution in [2.45, 2.75) is 26.1 Å². The maximum absolute atomic E-state index is 12.5. The summed E-state index contributed by atoms with van der Waals surface area (Å²) in [6, 6.07) is 14.7. The van der Waals surface area contributed by atoms with Gasteiger partial charge in [-0.1, -0.05) is 30.3 Å². The number of aromatic nitrogens is 1. The lowest BCUT2D eigenvalue weighted by Gasteiger charge is -2.23. The molecule has 0 amide bonds. The van der Waals surface area contributed by atoms with Crippen LogP contribution in [0.3, 0.4) is 0 Å². The molecule has 1 aromatic heterocycles.